The molecule has 0 saturated heterocycles. The summed E-state index contributed by atoms with van der Waals surface area (Å²) in [7, 11) is 0. The van der Waals surface area contributed by atoms with Gasteiger partial charge in [0.25, 0.3) is 0 Å². The quantitative estimate of drug-likeness (QED) is 0.467. The maximum Gasteiger partial charge on any atom is 0.345 e. The molecule has 1 unspecified atom stereocenters. The van der Waals surface area contributed by atoms with Crippen LogP contribution >= 0.6 is 0 Å². The predicted octanol–water partition coefficient (Wildman–Crippen LogP) is 0.533. The van der Waals surface area contributed by atoms with Gasteiger partial charge in [-0.25, -0.2) is 9.68 Å². The zero-order valence-corrected chi connectivity index (χ0v) is 5.57. The van der Waals surface area contributed by atoms with E-state index >= 15 is 0 Å². The second-order valence-electron chi connectivity index (χ2n) is 1.91. The zero-order valence-electron chi connectivity index (χ0n) is 5.57. The van der Waals surface area contributed by atoms with Gasteiger partial charge in [0.2, 0.25) is 0 Å². The van der Waals surface area contributed by atoms with Gasteiger partial charge in [0.05, 0.1) is 12.5 Å². The molecule has 1 atom stereocenters. The first-order valence-corrected chi connectivity index (χ1v) is 2.83. The van der Waals surface area contributed by atoms with Crippen LogP contribution in [0.15, 0.2) is 0 Å². The second-order valence-corrected chi connectivity index (χ2v) is 1.91. The highest BCUT2D eigenvalue weighted by atomic mass is 17.1. The molecule has 0 spiro atoms. The summed E-state index contributed by atoms with van der Waals surface area (Å²) in [5.41, 5.74) is 0. The molecule has 10 heavy (non-hydrogen) atoms. The van der Waals surface area contributed by atoms with Crippen molar-refractivity contribution in [3.05, 3.63) is 0 Å². The fourth-order valence-corrected chi connectivity index (χ4v) is 0.415. The summed E-state index contributed by atoms with van der Waals surface area (Å²) in [4.78, 5) is 17.1. The lowest BCUT2D eigenvalue weighted by Gasteiger charge is -2.03. The molecule has 0 fully saturated rings. The van der Waals surface area contributed by atoms with Gasteiger partial charge in [-0.1, -0.05) is 0 Å². The lowest BCUT2D eigenvalue weighted by molar-refractivity contribution is -0.285. The predicted molar refractivity (Wildman–Crippen MR) is 29.2 cm³/mol. The van der Waals surface area contributed by atoms with Gasteiger partial charge >= 0.3 is 5.97 Å². The SMILES string of the molecule is CC(CCC(=O)O[O])OO. The minimum Gasteiger partial charge on any atom is -0.266 e. The van der Waals surface area contributed by atoms with Crippen molar-refractivity contribution < 1.29 is 25.1 Å². The lowest BCUT2D eigenvalue weighted by Crippen LogP contribution is -2.09. The number of hydrogen-bond donors (Lipinski definition) is 1. The Morgan fingerprint density at radius 3 is 2.70 bits per heavy atom. The van der Waals surface area contributed by atoms with Gasteiger partial charge < -0.3 is 0 Å². The molecule has 0 saturated carbocycles. The highest BCUT2D eigenvalue weighted by Crippen LogP contribution is 2.00. The van der Waals surface area contributed by atoms with E-state index in [1.54, 1.807) is 6.92 Å². The molecule has 0 amide bonds. The number of carbonyl (C=O) groups is 1. The van der Waals surface area contributed by atoms with Gasteiger partial charge in [0, 0.05) is 5.26 Å². The Labute approximate surface area is 58.0 Å². The Balaban J connectivity index is 3.26. The molecule has 0 aromatic rings. The van der Waals surface area contributed by atoms with E-state index in [0.29, 0.717) is 0 Å². The molecule has 1 N–H and O–H groups in total. The molecule has 0 heterocycles. The Morgan fingerprint density at radius 2 is 2.30 bits per heavy atom. The molecule has 0 aliphatic carbocycles. The standard InChI is InChI=1S/C5H9O5/c1-4(9-7)2-3-5(6)10-8/h4,7H,2-3H2,1H3. The second kappa shape index (κ2) is 5.16. The van der Waals surface area contributed by atoms with Crippen LogP contribution in [0.5, 0.6) is 0 Å². The van der Waals surface area contributed by atoms with E-state index < -0.39 is 12.1 Å². The van der Waals surface area contributed by atoms with Crippen molar-refractivity contribution in [3.63, 3.8) is 0 Å². The van der Waals surface area contributed by atoms with Crippen molar-refractivity contribution in [2.24, 2.45) is 0 Å². The van der Waals surface area contributed by atoms with Crippen molar-refractivity contribution in [2.75, 3.05) is 0 Å². The van der Waals surface area contributed by atoms with Crippen LogP contribution in [0.2, 0.25) is 0 Å². The first kappa shape index (κ1) is 9.35. The third-order valence-electron chi connectivity index (χ3n) is 1.03. The molecular weight excluding hydrogens is 140 g/mol. The summed E-state index contributed by atoms with van der Waals surface area (Å²) < 4.78 is 0. The van der Waals surface area contributed by atoms with E-state index in [0.717, 1.165) is 0 Å². The van der Waals surface area contributed by atoms with Crippen molar-refractivity contribution in [3.8, 4) is 0 Å². The maximum atomic E-state index is 10.2. The van der Waals surface area contributed by atoms with Crippen LogP contribution in [-0.4, -0.2) is 17.3 Å². The van der Waals surface area contributed by atoms with E-state index in [9.17, 15) is 10.1 Å². The topological polar surface area (TPSA) is 75.7 Å². The number of rotatable bonds is 4. The first-order chi connectivity index (χ1) is 4.70. The van der Waals surface area contributed by atoms with E-state index in [2.05, 4.69) is 9.78 Å². The molecule has 0 aromatic heterocycles. The van der Waals surface area contributed by atoms with Crippen molar-refractivity contribution in [1.82, 2.24) is 0 Å². The van der Waals surface area contributed by atoms with Crippen LogP contribution in [0, 0.1) is 0 Å². The molecule has 5 nitrogen and oxygen atoms in total. The maximum absolute atomic E-state index is 10.2. The monoisotopic (exact) mass is 149 g/mol. The molecule has 1 radical (unpaired) electrons. The van der Waals surface area contributed by atoms with Crippen molar-refractivity contribution >= 4 is 5.97 Å². The lowest BCUT2D eigenvalue weighted by atomic mass is 10.2. The molecular formula is C5H9O5. The van der Waals surface area contributed by atoms with Crippen LogP contribution in [0.1, 0.15) is 19.8 Å². The van der Waals surface area contributed by atoms with Gasteiger partial charge in [-0.2, -0.15) is 0 Å². The molecule has 0 bridgehead atoms. The van der Waals surface area contributed by atoms with Crippen LogP contribution < -0.4 is 0 Å². The van der Waals surface area contributed by atoms with Crippen molar-refractivity contribution in [1.29, 1.82) is 0 Å². The normalized spacial score (nSPS) is 12.7. The minimum absolute atomic E-state index is 0.0365. The Morgan fingerprint density at radius 1 is 1.70 bits per heavy atom. The highest BCUT2D eigenvalue weighted by Gasteiger charge is 2.07. The molecule has 59 valence electrons. The Hall–Kier alpha value is -0.650. The summed E-state index contributed by atoms with van der Waals surface area (Å²) in [6.07, 6.45) is -0.206. The Bertz CT molecular complexity index is 102. The summed E-state index contributed by atoms with van der Waals surface area (Å²) >= 11 is 0. The summed E-state index contributed by atoms with van der Waals surface area (Å²) in [5.74, 6) is -0.844. The minimum atomic E-state index is -0.844. The largest absolute Gasteiger partial charge is 0.345 e. The highest BCUT2D eigenvalue weighted by molar-refractivity contribution is 5.68. The summed E-state index contributed by atoms with van der Waals surface area (Å²) in [6, 6.07) is 0. The smallest absolute Gasteiger partial charge is 0.266 e. The number of carbonyl (C=O) groups excluding carboxylic acids is 1. The summed E-state index contributed by atoms with van der Waals surface area (Å²) in [5, 5.41) is 17.4. The van der Waals surface area contributed by atoms with Gasteiger partial charge in [-0.05, 0) is 13.3 Å². The molecule has 0 rings (SSSR count). The van der Waals surface area contributed by atoms with Gasteiger partial charge in [0.1, 0.15) is 0 Å². The molecule has 0 aliphatic rings. The third kappa shape index (κ3) is 4.25. The zero-order chi connectivity index (χ0) is 7.98. The number of hydrogen-bond acceptors (Lipinski definition) is 4. The van der Waals surface area contributed by atoms with Crippen LogP contribution in [0.4, 0.5) is 0 Å². The molecule has 0 aromatic carbocycles. The third-order valence-corrected chi connectivity index (χ3v) is 1.03. The van der Waals surface area contributed by atoms with Gasteiger partial charge in [-0.15, -0.1) is 0 Å². The van der Waals surface area contributed by atoms with Crippen LogP contribution in [-0.2, 0) is 19.8 Å². The Kier molecular flexibility index (Phi) is 4.82. The fraction of sp³-hybridized carbons (Fsp3) is 0.800. The first-order valence-electron chi connectivity index (χ1n) is 2.83. The van der Waals surface area contributed by atoms with Gasteiger partial charge in [-0.3, -0.25) is 10.1 Å². The average Bonchev–Trinajstić information content (AvgIpc) is 1.99. The van der Waals surface area contributed by atoms with Gasteiger partial charge in [0.15, 0.2) is 0 Å². The van der Waals surface area contributed by atoms with Crippen LogP contribution in [0.25, 0.3) is 0 Å². The van der Waals surface area contributed by atoms with E-state index in [1.807, 2.05) is 0 Å². The average molecular weight is 149 g/mol. The molecule has 0 aliphatic heterocycles. The van der Waals surface area contributed by atoms with Crippen LogP contribution in [0.3, 0.4) is 0 Å². The van der Waals surface area contributed by atoms with E-state index in [-0.39, 0.29) is 12.8 Å². The fourth-order valence-electron chi connectivity index (χ4n) is 0.415. The van der Waals surface area contributed by atoms with E-state index in [1.165, 1.54) is 0 Å². The summed E-state index contributed by atoms with van der Waals surface area (Å²) in [6.45, 7) is 1.57. The van der Waals surface area contributed by atoms with E-state index in [4.69, 9.17) is 5.26 Å². The molecule has 5 heteroatoms. The van der Waals surface area contributed by atoms with Crippen molar-refractivity contribution in [2.45, 2.75) is 25.9 Å².